The number of ether oxygens (including phenoxy) is 1. The van der Waals surface area contributed by atoms with Gasteiger partial charge < -0.3 is 9.64 Å². The Balaban J connectivity index is 2.01. The summed E-state index contributed by atoms with van der Waals surface area (Å²) in [6.07, 6.45) is 4.70. The van der Waals surface area contributed by atoms with Crippen molar-refractivity contribution in [2.75, 3.05) is 18.1 Å². The van der Waals surface area contributed by atoms with Gasteiger partial charge in [-0.25, -0.2) is 9.97 Å². The van der Waals surface area contributed by atoms with Crippen molar-refractivity contribution in [1.29, 1.82) is 0 Å². The summed E-state index contributed by atoms with van der Waals surface area (Å²) in [5.74, 6) is 1.42. The van der Waals surface area contributed by atoms with E-state index >= 15 is 0 Å². The molecule has 1 aromatic carbocycles. The van der Waals surface area contributed by atoms with Gasteiger partial charge in [0, 0.05) is 18.9 Å². The molecule has 96 valence electrons. The minimum absolute atomic E-state index is 0.475. The number of nitrogens with zero attached hydrogens (tertiary/aromatic N) is 3. The van der Waals surface area contributed by atoms with Crippen molar-refractivity contribution in [2.24, 2.45) is 0 Å². The van der Waals surface area contributed by atoms with E-state index in [2.05, 4.69) is 9.97 Å². The minimum atomic E-state index is 0.475. The van der Waals surface area contributed by atoms with E-state index < -0.39 is 0 Å². The van der Waals surface area contributed by atoms with Gasteiger partial charge in [0.15, 0.2) is 6.29 Å². The van der Waals surface area contributed by atoms with Crippen LogP contribution in [0.15, 0.2) is 36.7 Å². The Morgan fingerprint density at radius 2 is 2.00 bits per heavy atom. The van der Waals surface area contributed by atoms with Crippen LogP contribution in [0.2, 0.25) is 0 Å². The average Bonchev–Trinajstić information content (AvgIpc) is 2.70. The first-order valence-corrected chi connectivity index (χ1v) is 6.15. The SMILES string of the molecule is O=Cc1cnc(N2CCCOc3ccccc32)nc1. The third kappa shape index (κ3) is 2.27. The third-order valence-electron chi connectivity index (χ3n) is 2.98. The molecule has 5 heteroatoms. The highest BCUT2D eigenvalue weighted by molar-refractivity contribution is 5.74. The number of benzene rings is 1. The fraction of sp³-hybridized carbons (Fsp3) is 0.214. The zero-order valence-electron chi connectivity index (χ0n) is 10.3. The lowest BCUT2D eigenvalue weighted by molar-refractivity contribution is 0.112. The summed E-state index contributed by atoms with van der Waals surface area (Å²) >= 11 is 0. The summed E-state index contributed by atoms with van der Waals surface area (Å²) in [5, 5.41) is 0. The molecule has 0 bridgehead atoms. The lowest BCUT2D eigenvalue weighted by Crippen LogP contribution is -2.20. The summed E-state index contributed by atoms with van der Waals surface area (Å²) in [6, 6.07) is 7.82. The van der Waals surface area contributed by atoms with Gasteiger partial charge in [0.05, 0.1) is 17.9 Å². The molecular weight excluding hydrogens is 242 g/mol. The first kappa shape index (κ1) is 11.6. The summed E-state index contributed by atoms with van der Waals surface area (Å²) in [6.45, 7) is 1.47. The molecule has 2 aromatic rings. The minimum Gasteiger partial charge on any atom is -0.491 e. The largest absolute Gasteiger partial charge is 0.491 e. The molecular formula is C14H13N3O2. The van der Waals surface area contributed by atoms with E-state index in [1.54, 1.807) is 0 Å². The van der Waals surface area contributed by atoms with E-state index in [4.69, 9.17) is 4.74 Å². The molecule has 0 radical (unpaired) electrons. The normalized spacial score (nSPS) is 14.2. The van der Waals surface area contributed by atoms with Crippen LogP contribution in [0.4, 0.5) is 11.6 Å². The third-order valence-corrected chi connectivity index (χ3v) is 2.98. The lowest BCUT2D eigenvalue weighted by Gasteiger charge is -2.21. The van der Waals surface area contributed by atoms with Crippen LogP contribution in [0.5, 0.6) is 5.75 Å². The summed E-state index contributed by atoms with van der Waals surface area (Å²) in [5.41, 5.74) is 1.43. The highest BCUT2D eigenvalue weighted by atomic mass is 16.5. The fourth-order valence-electron chi connectivity index (χ4n) is 2.07. The summed E-state index contributed by atoms with van der Waals surface area (Å²) in [7, 11) is 0. The Hall–Kier alpha value is -2.43. The molecule has 1 aromatic heterocycles. The van der Waals surface area contributed by atoms with Gasteiger partial charge in [0.25, 0.3) is 0 Å². The number of aromatic nitrogens is 2. The molecule has 1 aliphatic rings. The Bertz CT molecular complexity index is 583. The number of carbonyl (C=O) groups excluding carboxylic acids is 1. The van der Waals surface area contributed by atoms with Crippen LogP contribution in [0, 0.1) is 0 Å². The number of hydrogen-bond acceptors (Lipinski definition) is 5. The van der Waals surface area contributed by atoms with E-state index in [1.165, 1.54) is 12.4 Å². The van der Waals surface area contributed by atoms with Crippen LogP contribution in [-0.2, 0) is 0 Å². The monoisotopic (exact) mass is 255 g/mol. The second-order valence-electron chi connectivity index (χ2n) is 4.26. The van der Waals surface area contributed by atoms with Crippen molar-refractivity contribution in [2.45, 2.75) is 6.42 Å². The fourth-order valence-corrected chi connectivity index (χ4v) is 2.07. The maximum absolute atomic E-state index is 10.6. The highest BCUT2D eigenvalue weighted by Gasteiger charge is 2.19. The smallest absolute Gasteiger partial charge is 0.229 e. The van der Waals surface area contributed by atoms with Crippen molar-refractivity contribution < 1.29 is 9.53 Å². The van der Waals surface area contributed by atoms with E-state index in [1.807, 2.05) is 29.2 Å². The van der Waals surface area contributed by atoms with E-state index in [9.17, 15) is 4.79 Å². The average molecular weight is 255 g/mol. The Kier molecular flexibility index (Phi) is 3.10. The van der Waals surface area contributed by atoms with Gasteiger partial charge in [-0.3, -0.25) is 4.79 Å². The molecule has 0 saturated carbocycles. The molecule has 0 fully saturated rings. The van der Waals surface area contributed by atoms with Crippen LogP contribution in [-0.4, -0.2) is 29.4 Å². The molecule has 0 spiro atoms. The predicted molar refractivity (Wildman–Crippen MR) is 71.0 cm³/mol. The number of aldehydes is 1. The van der Waals surface area contributed by atoms with Crippen LogP contribution in [0.3, 0.4) is 0 Å². The molecule has 2 heterocycles. The molecule has 0 unspecified atom stereocenters. The van der Waals surface area contributed by atoms with Crippen LogP contribution < -0.4 is 9.64 Å². The molecule has 1 aliphatic heterocycles. The van der Waals surface area contributed by atoms with Crippen LogP contribution in [0.1, 0.15) is 16.8 Å². The maximum atomic E-state index is 10.6. The zero-order chi connectivity index (χ0) is 13.1. The highest BCUT2D eigenvalue weighted by Crippen LogP contribution is 2.33. The van der Waals surface area contributed by atoms with Gasteiger partial charge in [-0.2, -0.15) is 0 Å². The number of rotatable bonds is 2. The number of hydrogen-bond donors (Lipinski definition) is 0. The van der Waals surface area contributed by atoms with Gasteiger partial charge in [-0.05, 0) is 18.6 Å². The van der Waals surface area contributed by atoms with E-state index in [0.717, 1.165) is 30.7 Å². The van der Waals surface area contributed by atoms with Crippen LogP contribution in [0.25, 0.3) is 0 Å². The van der Waals surface area contributed by atoms with Gasteiger partial charge in [0.2, 0.25) is 5.95 Å². The van der Waals surface area contributed by atoms with Crippen molar-refractivity contribution >= 4 is 17.9 Å². The Morgan fingerprint density at radius 3 is 2.79 bits per heavy atom. The molecule has 0 atom stereocenters. The molecule has 0 N–H and O–H groups in total. The first-order chi connectivity index (χ1) is 9.38. The van der Waals surface area contributed by atoms with Crippen LogP contribution >= 0.6 is 0 Å². The quantitative estimate of drug-likeness (QED) is 0.770. The number of carbonyl (C=O) groups is 1. The molecule has 0 aliphatic carbocycles. The molecule has 3 rings (SSSR count). The molecule has 0 saturated heterocycles. The number of anilines is 2. The second kappa shape index (κ2) is 5.06. The molecule has 5 nitrogen and oxygen atoms in total. The summed E-state index contributed by atoms with van der Waals surface area (Å²) in [4.78, 5) is 21.1. The van der Waals surface area contributed by atoms with Gasteiger partial charge in [0.1, 0.15) is 5.75 Å². The summed E-state index contributed by atoms with van der Waals surface area (Å²) < 4.78 is 5.69. The van der Waals surface area contributed by atoms with Crippen molar-refractivity contribution in [1.82, 2.24) is 9.97 Å². The topological polar surface area (TPSA) is 55.3 Å². The Labute approximate surface area is 110 Å². The van der Waals surface area contributed by atoms with Gasteiger partial charge in [-0.15, -0.1) is 0 Å². The van der Waals surface area contributed by atoms with Crippen molar-refractivity contribution in [3.05, 3.63) is 42.2 Å². The number of fused-ring (bicyclic) bond motifs is 1. The van der Waals surface area contributed by atoms with Crippen molar-refractivity contribution in [3.63, 3.8) is 0 Å². The standard InChI is InChI=1S/C14H13N3O2/c18-10-11-8-15-14(16-9-11)17-6-3-7-19-13-5-2-1-4-12(13)17/h1-2,4-5,8-10H,3,6-7H2. The van der Waals surface area contributed by atoms with Gasteiger partial charge >= 0.3 is 0 Å². The first-order valence-electron chi connectivity index (χ1n) is 6.15. The molecule has 19 heavy (non-hydrogen) atoms. The second-order valence-corrected chi connectivity index (χ2v) is 4.26. The van der Waals surface area contributed by atoms with Crippen molar-refractivity contribution in [3.8, 4) is 5.75 Å². The van der Waals surface area contributed by atoms with Gasteiger partial charge in [-0.1, -0.05) is 12.1 Å². The Morgan fingerprint density at radius 1 is 1.21 bits per heavy atom. The molecule has 0 amide bonds. The number of para-hydroxylation sites is 2. The lowest BCUT2D eigenvalue weighted by atomic mass is 10.2. The predicted octanol–water partition coefficient (Wildman–Crippen LogP) is 2.21. The van der Waals surface area contributed by atoms with E-state index in [-0.39, 0.29) is 0 Å². The zero-order valence-corrected chi connectivity index (χ0v) is 10.3. The maximum Gasteiger partial charge on any atom is 0.229 e. The van der Waals surface area contributed by atoms with E-state index in [0.29, 0.717) is 18.1 Å².